The van der Waals surface area contributed by atoms with Crippen molar-refractivity contribution in [2.45, 2.75) is 13.8 Å². The SMILES string of the molecule is CC(C)(COP(OCl)OCl)COP(OCl)OCl. The van der Waals surface area contributed by atoms with E-state index in [1.165, 1.54) is 0 Å². The Morgan fingerprint density at radius 1 is 0.765 bits per heavy atom. The van der Waals surface area contributed by atoms with Gasteiger partial charge in [0, 0.05) is 5.41 Å². The van der Waals surface area contributed by atoms with Gasteiger partial charge in [0.2, 0.25) is 0 Å². The molecular weight excluding hydrogens is 360 g/mol. The maximum atomic E-state index is 5.14. The van der Waals surface area contributed by atoms with Gasteiger partial charge in [0.15, 0.2) is 0 Å². The minimum atomic E-state index is -1.79. The van der Waals surface area contributed by atoms with Gasteiger partial charge in [-0.05, 0) is 0 Å². The second-order valence-corrected chi connectivity index (χ2v) is 7.05. The quantitative estimate of drug-likeness (QED) is 0.494. The van der Waals surface area contributed by atoms with Crippen LogP contribution in [-0.4, -0.2) is 13.2 Å². The number of hydrogen-bond acceptors (Lipinski definition) is 6. The summed E-state index contributed by atoms with van der Waals surface area (Å²) in [5.41, 5.74) is -0.406. The van der Waals surface area contributed by atoms with E-state index in [1.54, 1.807) is 0 Å². The van der Waals surface area contributed by atoms with Crippen LogP contribution >= 0.6 is 64.7 Å². The van der Waals surface area contributed by atoms with Crippen molar-refractivity contribution in [1.29, 1.82) is 0 Å². The summed E-state index contributed by atoms with van der Waals surface area (Å²) < 4.78 is 27.5. The highest BCUT2D eigenvalue weighted by Gasteiger charge is 2.25. The lowest BCUT2D eigenvalue weighted by Crippen LogP contribution is -2.23. The third-order valence-corrected chi connectivity index (χ3v) is 3.83. The molecule has 0 spiro atoms. The molecule has 0 atom stereocenters. The van der Waals surface area contributed by atoms with Crippen molar-refractivity contribution in [1.82, 2.24) is 0 Å². The van der Waals surface area contributed by atoms with E-state index in [1.807, 2.05) is 13.8 Å². The minimum absolute atomic E-state index is 0.214. The molecule has 0 saturated heterocycles. The molecule has 6 nitrogen and oxygen atoms in total. The lowest BCUT2D eigenvalue weighted by molar-refractivity contribution is 0.100. The van der Waals surface area contributed by atoms with E-state index in [0.717, 1.165) is 0 Å². The van der Waals surface area contributed by atoms with Gasteiger partial charge in [-0.3, -0.25) is 0 Å². The van der Waals surface area contributed by atoms with Gasteiger partial charge in [-0.15, -0.1) is 0 Å². The Balaban J connectivity index is 3.93. The molecule has 17 heavy (non-hydrogen) atoms. The van der Waals surface area contributed by atoms with Crippen LogP contribution in [0.1, 0.15) is 13.8 Å². The summed E-state index contributed by atoms with van der Waals surface area (Å²) in [6.07, 6.45) is 0. The second-order valence-electron chi connectivity index (χ2n) is 3.43. The summed E-state index contributed by atoms with van der Waals surface area (Å²) in [7, 11) is -3.58. The third-order valence-electron chi connectivity index (χ3n) is 1.35. The highest BCUT2D eigenvalue weighted by molar-refractivity contribution is 7.44. The average Bonchev–Trinajstić information content (AvgIpc) is 2.31. The highest BCUT2D eigenvalue weighted by Crippen LogP contribution is 2.46. The van der Waals surface area contributed by atoms with E-state index < -0.39 is 22.6 Å². The van der Waals surface area contributed by atoms with Crippen LogP contribution in [0.4, 0.5) is 0 Å². The molecule has 0 amide bonds. The monoisotopic (exact) mass is 368 g/mol. The standard InChI is InChI=1S/C5H10Cl4O6P2/c1-5(2,3-10-16(12-6)13-7)4-11-17(14-8)15-9/h3-4H2,1-2H3. The largest absolute Gasteiger partial charge is 0.368 e. The van der Waals surface area contributed by atoms with Gasteiger partial charge >= 0.3 is 17.2 Å². The van der Waals surface area contributed by atoms with Crippen molar-refractivity contribution in [3.63, 3.8) is 0 Å². The van der Waals surface area contributed by atoms with Gasteiger partial charge < -0.3 is 9.05 Å². The van der Waals surface area contributed by atoms with Gasteiger partial charge in [0.1, 0.15) is 0 Å². The van der Waals surface area contributed by atoms with Gasteiger partial charge in [-0.25, -0.2) is 0 Å². The predicted molar refractivity (Wildman–Crippen MR) is 67.3 cm³/mol. The molecule has 0 heterocycles. The van der Waals surface area contributed by atoms with Crippen LogP contribution < -0.4 is 0 Å². The van der Waals surface area contributed by atoms with Gasteiger partial charge in [-0.1, -0.05) is 13.8 Å². The van der Waals surface area contributed by atoms with E-state index in [-0.39, 0.29) is 13.2 Å². The molecule has 0 unspecified atom stereocenters. The maximum absolute atomic E-state index is 5.14. The predicted octanol–water partition coefficient (Wildman–Crippen LogP) is 5.18. The summed E-state index contributed by atoms with van der Waals surface area (Å²) in [5, 5.41) is 0. The maximum Gasteiger partial charge on any atom is 0.368 e. The van der Waals surface area contributed by atoms with E-state index >= 15 is 0 Å². The number of rotatable bonds is 10. The van der Waals surface area contributed by atoms with Crippen molar-refractivity contribution in [2.75, 3.05) is 13.2 Å². The average molecular weight is 370 g/mol. The first-order chi connectivity index (χ1) is 7.99. The van der Waals surface area contributed by atoms with Crippen LogP contribution in [0.3, 0.4) is 0 Å². The fourth-order valence-corrected chi connectivity index (χ4v) is 2.70. The molecule has 0 aliphatic heterocycles. The third kappa shape index (κ3) is 9.33. The summed E-state index contributed by atoms with van der Waals surface area (Å²) in [4.78, 5) is 0. The smallest absolute Gasteiger partial charge is 0.310 e. The van der Waals surface area contributed by atoms with Crippen LogP contribution in [0.25, 0.3) is 0 Å². The Kier molecular flexibility index (Phi) is 11.7. The summed E-state index contributed by atoms with van der Waals surface area (Å²) in [6, 6.07) is 0. The molecule has 0 fully saturated rings. The number of halogens is 4. The summed E-state index contributed by atoms with van der Waals surface area (Å²) in [6.45, 7) is 4.12. The molecule has 0 aliphatic rings. The van der Waals surface area contributed by atoms with Gasteiger partial charge in [0.05, 0.1) is 60.7 Å². The summed E-state index contributed by atoms with van der Waals surface area (Å²) >= 11 is 20.2. The normalized spacial score (nSPS) is 12.7. The lowest BCUT2D eigenvalue weighted by atomic mass is 9.97. The van der Waals surface area contributed by atoms with Crippen molar-refractivity contribution in [3.8, 4) is 0 Å². The molecule has 104 valence electrons. The lowest BCUT2D eigenvalue weighted by Gasteiger charge is -2.25. The highest BCUT2D eigenvalue weighted by atomic mass is 35.5. The first-order valence-corrected chi connectivity index (χ1v) is 7.42. The van der Waals surface area contributed by atoms with Crippen molar-refractivity contribution in [3.05, 3.63) is 0 Å². The fourth-order valence-electron chi connectivity index (χ4n) is 0.598. The van der Waals surface area contributed by atoms with E-state index in [0.29, 0.717) is 0 Å². The van der Waals surface area contributed by atoms with Crippen LogP contribution in [-0.2, 0) is 25.4 Å². The summed E-state index contributed by atoms with van der Waals surface area (Å²) in [5.74, 6) is 0. The Labute approximate surface area is 122 Å². The van der Waals surface area contributed by atoms with Crippen LogP contribution in [0.5, 0.6) is 0 Å². The van der Waals surface area contributed by atoms with Crippen LogP contribution in [0, 0.1) is 5.41 Å². The van der Waals surface area contributed by atoms with E-state index in [4.69, 9.17) is 56.5 Å². The van der Waals surface area contributed by atoms with Gasteiger partial charge in [0.25, 0.3) is 0 Å². The first-order valence-electron chi connectivity index (χ1n) is 4.00. The molecule has 0 aromatic rings. The molecule has 0 aromatic carbocycles. The van der Waals surface area contributed by atoms with Crippen molar-refractivity contribution in [2.24, 2.45) is 5.41 Å². The topological polar surface area (TPSA) is 55.4 Å². The Bertz CT molecular complexity index is 175. The number of hydrogen-bond donors (Lipinski definition) is 0. The molecular formula is C5H10Cl4O6P2. The molecule has 0 saturated carbocycles. The van der Waals surface area contributed by atoms with Crippen molar-refractivity contribution < 1.29 is 25.4 Å². The van der Waals surface area contributed by atoms with Crippen molar-refractivity contribution >= 4 is 64.7 Å². The first kappa shape index (κ1) is 18.8. The Morgan fingerprint density at radius 2 is 1.06 bits per heavy atom. The van der Waals surface area contributed by atoms with Crippen LogP contribution in [0.15, 0.2) is 0 Å². The molecule has 0 aromatic heterocycles. The van der Waals surface area contributed by atoms with E-state index in [9.17, 15) is 0 Å². The molecule has 0 radical (unpaired) electrons. The van der Waals surface area contributed by atoms with Crippen LogP contribution in [0.2, 0.25) is 0 Å². The molecule has 0 rings (SSSR count). The molecule has 0 bridgehead atoms. The Hall–Kier alpha value is 1.78. The van der Waals surface area contributed by atoms with Gasteiger partial charge in [-0.2, -0.15) is 16.3 Å². The Morgan fingerprint density at radius 3 is 1.29 bits per heavy atom. The molecule has 0 aliphatic carbocycles. The minimum Gasteiger partial charge on any atom is -0.310 e. The zero-order valence-corrected chi connectivity index (χ0v) is 13.6. The second kappa shape index (κ2) is 10.6. The molecule has 12 heteroatoms. The molecule has 0 N–H and O–H groups in total. The zero-order chi connectivity index (χ0) is 13.3. The zero-order valence-electron chi connectivity index (χ0n) is 8.77. The fraction of sp³-hybridized carbons (Fsp3) is 1.00. The van der Waals surface area contributed by atoms with E-state index in [2.05, 4.69) is 16.3 Å².